The maximum absolute atomic E-state index is 12.7. The van der Waals surface area contributed by atoms with Gasteiger partial charge in [-0.15, -0.1) is 0 Å². The van der Waals surface area contributed by atoms with Gasteiger partial charge in [0.25, 0.3) is 0 Å². The first-order chi connectivity index (χ1) is 12.0. The Labute approximate surface area is 148 Å². The van der Waals surface area contributed by atoms with Crippen LogP contribution in [-0.2, 0) is 16.1 Å². The third-order valence-electron chi connectivity index (χ3n) is 5.77. The third kappa shape index (κ3) is 3.31. The molecule has 4 rings (SSSR count). The molecule has 5 nitrogen and oxygen atoms in total. The number of amides is 1. The summed E-state index contributed by atoms with van der Waals surface area (Å²) in [5.41, 5.74) is 0.198. The van der Waals surface area contributed by atoms with Gasteiger partial charge in [0.15, 0.2) is 0 Å². The number of benzene rings is 1. The fourth-order valence-electron chi connectivity index (χ4n) is 4.33. The molecule has 0 bridgehead atoms. The van der Waals surface area contributed by atoms with E-state index in [1.54, 1.807) is 0 Å². The minimum atomic E-state index is -0.644. The SMILES string of the molecule is CC1(O)CCOC2(CCN(C(=O)Cn3ccc4ccccc43)CC2)C1. The Morgan fingerprint density at radius 3 is 2.72 bits per heavy atom. The second-order valence-electron chi connectivity index (χ2n) is 7.84. The molecule has 2 aliphatic heterocycles. The largest absolute Gasteiger partial charge is 0.390 e. The Bertz CT molecular complexity index is 772. The van der Waals surface area contributed by atoms with E-state index in [0.29, 0.717) is 39.1 Å². The molecule has 2 aliphatic rings. The van der Waals surface area contributed by atoms with Gasteiger partial charge in [0.05, 0.1) is 17.8 Å². The third-order valence-corrected chi connectivity index (χ3v) is 5.77. The Morgan fingerprint density at radius 2 is 1.96 bits per heavy atom. The number of hydrogen-bond acceptors (Lipinski definition) is 3. The number of para-hydroxylation sites is 1. The quantitative estimate of drug-likeness (QED) is 0.913. The normalized spacial score (nSPS) is 26.2. The molecule has 1 amide bonds. The number of aromatic nitrogens is 1. The molecule has 1 N–H and O–H groups in total. The van der Waals surface area contributed by atoms with Crippen molar-refractivity contribution in [2.45, 2.75) is 50.4 Å². The molecule has 0 saturated carbocycles. The minimum absolute atomic E-state index is 0.152. The van der Waals surface area contributed by atoms with Crippen LogP contribution in [0.4, 0.5) is 0 Å². The highest BCUT2D eigenvalue weighted by atomic mass is 16.5. The second kappa shape index (κ2) is 6.15. The van der Waals surface area contributed by atoms with Gasteiger partial charge in [-0.3, -0.25) is 4.79 Å². The van der Waals surface area contributed by atoms with Gasteiger partial charge in [0, 0.05) is 31.2 Å². The van der Waals surface area contributed by atoms with Gasteiger partial charge in [-0.2, -0.15) is 0 Å². The second-order valence-corrected chi connectivity index (χ2v) is 7.84. The number of likely N-dealkylation sites (tertiary alicyclic amines) is 1. The molecule has 25 heavy (non-hydrogen) atoms. The van der Waals surface area contributed by atoms with Crippen molar-refractivity contribution in [1.29, 1.82) is 0 Å². The molecule has 2 saturated heterocycles. The number of carbonyl (C=O) groups is 1. The smallest absolute Gasteiger partial charge is 0.242 e. The van der Waals surface area contributed by atoms with Crippen LogP contribution in [0.3, 0.4) is 0 Å². The lowest BCUT2D eigenvalue weighted by molar-refractivity contribution is -0.175. The lowest BCUT2D eigenvalue weighted by atomic mass is 9.78. The molecule has 3 heterocycles. The number of nitrogens with zero attached hydrogens (tertiary/aromatic N) is 2. The summed E-state index contributed by atoms with van der Waals surface area (Å²) in [7, 11) is 0. The number of rotatable bonds is 2. The van der Waals surface area contributed by atoms with Gasteiger partial charge in [-0.05, 0) is 43.7 Å². The molecule has 2 aromatic rings. The van der Waals surface area contributed by atoms with Crippen molar-refractivity contribution in [3.8, 4) is 0 Å². The summed E-state index contributed by atoms with van der Waals surface area (Å²) in [6.45, 7) is 4.28. The molecule has 0 radical (unpaired) electrons. The number of aliphatic hydroxyl groups is 1. The van der Waals surface area contributed by atoms with Gasteiger partial charge < -0.3 is 19.3 Å². The van der Waals surface area contributed by atoms with Crippen molar-refractivity contribution in [3.63, 3.8) is 0 Å². The zero-order valence-electron chi connectivity index (χ0n) is 14.8. The molecule has 1 atom stereocenters. The first kappa shape index (κ1) is 16.6. The molecule has 5 heteroatoms. The number of fused-ring (bicyclic) bond motifs is 1. The molecular formula is C20H26N2O3. The Morgan fingerprint density at radius 1 is 1.20 bits per heavy atom. The zero-order valence-corrected chi connectivity index (χ0v) is 14.8. The average Bonchev–Trinajstić information content (AvgIpc) is 2.97. The molecular weight excluding hydrogens is 316 g/mol. The lowest BCUT2D eigenvalue weighted by Gasteiger charge is -2.48. The predicted octanol–water partition coefficient (Wildman–Crippen LogP) is 2.56. The van der Waals surface area contributed by atoms with E-state index >= 15 is 0 Å². The molecule has 1 spiro atoms. The van der Waals surface area contributed by atoms with Crippen molar-refractivity contribution in [2.24, 2.45) is 0 Å². The molecule has 1 aromatic carbocycles. The lowest BCUT2D eigenvalue weighted by Crippen LogP contribution is -2.54. The molecule has 1 aromatic heterocycles. The van der Waals surface area contributed by atoms with Crippen molar-refractivity contribution in [2.75, 3.05) is 19.7 Å². The van der Waals surface area contributed by atoms with Gasteiger partial charge in [0.2, 0.25) is 5.91 Å². The summed E-state index contributed by atoms with van der Waals surface area (Å²) in [5.74, 6) is 0.152. The van der Waals surface area contributed by atoms with Crippen LogP contribution >= 0.6 is 0 Å². The number of carbonyl (C=O) groups excluding carboxylic acids is 1. The van der Waals surface area contributed by atoms with Gasteiger partial charge in [-0.1, -0.05) is 18.2 Å². The van der Waals surface area contributed by atoms with Crippen LogP contribution in [0.25, 0.3) is 10.9 Å². The van der Waals surface area contributed by atoms with Crippen LogP contribution in [0.1, 0.15) is 32.6 Å². The topological polar surface area (TPSA) is 54.7 Å². The molecule has 2 fully saturated rings. The van der Waals surface area contributed by atoms with E-state index in [9.17, 15) is 9.90 Å². The predicted molar refractivity (Wildman–Crippen MR) is 96.3 cm³/mol. The summed E-state index contributed by atoms with van der Waals surface area (Å²) in [5, 5.41) is 11.5. The highest BCUT2D eigenvalue weighted by Crippen LogP contribution is 2.39. The summed E-state index contributed by atoms with van der Waals surface area (Å²) >= 11 is 0. The Balaban J connectivity index is 1.40. The minimum Gasteiger partial charge on any atom is -0.390 e. The summed E-state index contributed by atoms with van der Waals surface area (Å²) in [6, 6.07) is 10.2. The van der Waals surface area contributed by atoms with E-state index in [1.807, 2.05) is 46.9 Å². The van der Waals surface area contributed by atoms with E-state index < -0.39 is 5.60 Å². The molecule has 1 unspecified atom stereocenters. The van der Waals surface area contributed by atoms with E-state index in [-0.39, 0.29) is 11.5 Å². The maximum atomic E-state index is 12.7. The molecule has 134 valence electrons. The Hall–Kier alpha value is -1.85. The van der Waals surface area contributed by atoms with E-state index in [1.165, 1.54) is 0 Å². The zero-order chi connectivity index (χ0) is 17.5. The summed E-state index contributed by atoms with van der Waals surface area (Å²) in [6.07, 6.45) is 4.96. The van der Waals surface area contributed by atoms with E-state index in [0.717, 1.165) is 23.7 Å². The van der Waals surface area contributed by atoms with Gasteiger partial charge in [0.1, 0.15) is 6.54 Å². The highest BCUT2D eigenvalue weighted by Gasteiger charge is 2.44. The maximum Gasteiger partial charge on any atom is 0.242 e. The Kier molecular flexibility index (Phi) is 4.08. The van der Waals surface area contributed by atoms with Crippen LogP contribution in [0.5, 0.6) is 0 Å². The van der Waals surface area contributed by atoms with Gasteiger partial charge in [-0.25, -0.2) is 0 Å². The van der Waals surface area contributed by atoms with Crippen molar-refractivity contribution in [1.82, 2.24) is 9.47 Å². The number of hydrogen-bond donors (Lipinski definition) is 1. The van der Waals surface area contributed by atoms with Crippen LogP contribution in [-0.4, -0.2) is 51.4 Å². The fraction of sp³-hybridized carbons (Fsp3) is 0.550. The highest BCUT2D eigenvalue weighted by molar-refractivity contribution is 5.83. The van der Waals surface area contributed by atoms with Crippen LogP contribution < -0.4 is 0 Å². The van der Waals surface area contributed by atoms with Gasteiger partial charge >= 0.3 is 0 Å². The number of ether oxygens (including phenoxy) is 1. The van der Waals surface area contributed by atoms with Crippen LogP contribution in [0.2, 0.25) is 0 Å². The summed E-state index contributed by atoms with van der Waals surface area (Å²) < 4.78 is 8.05. The van der Waals surface area contributed by atoms with Crippen LogP contribution in [0.15, 0.2) is 36.5 Å². The fourth-order valence-corrected chi connectivity index (χ4v) is 4.33. The monoisotopic (exact) mass is 342 g/mol. The van der Waals surface area contributed by atoms with E-state index in [2.05, 4.69) is 6.07 Å². The van der Waals surface area contributed by atoms with Crippen molar-refractivity contribution in [3.05, 3.63) is 36.5 Å². The first-order valence-corrected chi connectivity index (χ1v) is 9.15. The van der Waals surface area contributed by atoms with Crippen LogP contribution in [0, 0.1) is 0 Å². The standard InChI is InChI=1S/C20H26N2O3/c1-19(24)9-13-25-20(15-19)7-11-21(12-8-20)18(23)14-22-10-6-16-4-2-3-5-17(16)22/h2-6,10,24H,7-9,11-15H2,1H3. The molecule has 0 aliphatic carbocycles. The summed E-state index contributed by atoms with van der Waals surface area (Å²) in [4.78, 5) is 14.7. The van der Waals surface area contributed by atoms with Crippen molar-refractivity contribution >= 4 is 16.8 Å². The van der Waals surface area contributed by atoms with E-state index in [4.69, 9.17) is 4.74 Å². The average molecular weight is 342 g/mol. The number of piperidine rings is 1. The first-order valence-electron chi connectivity index (χ1n) is 9.15. The van der Waals surface area contributed by atoms with Crippen molar-refractivity contribution < 1.29 is 14.6 Å².